The Bertz CT molecular complexity index is 597. The molecule has 2 fully saturated rings. The van der Waals surface area contributed by atoms with Gasteiger partial charge in [-0.05, 0) is 56.0 Å². The number of aromatic amines is 1. The predicted molar refractivity (Wildman–Crippen MR) is 80.5 cm³/mol. The third-order valence-corrected chi connectivity index (χ3v) is 4.93. The van der Waals surface area contributed by atoms with Crippen LogP contribution in [0.1, 0.15) is 25.0 Å². The molecule has 0 aromatic carbocycles. The quantitative estimate of drug-likeness (QED) is 0.878. The van der Waals surface area contributed by atoms with Gasteiger partial charge in [-0.1, -0.05) is 0 Å². The fourth-order valence-corrected chi connectivity index (χ4v) is 3.88. The summed E-state index contributed by atoms with van der Waals surface area (Å²) in [6.07, 6.45) is 6.01. The van der Waals surface area contributed by atoms with E-state index in [0.29, 0.717) is 5.41 Å². The molecular formula is C16H22N4. The molecule has 0 radical (unpaired) electrons. The van der Waals surface area contributed by atoms with Gasteiger partial charge in [-0.3, -0.25) is 4.90 Å². The zero-order chi connectivity index (χ0) is 13.4. The van der Waals surface area contributed by atoms with Crippen LogP contribution in [-0.4, -0.2) is 41.0 Å². The van der Waals surface area contributed by atoms with E-state index >= 15 is 0 Å². The second kappa shape index (κ2) is 4.86. The lowest BCUT2D eigenvalue weighted by Gasteiger charge is -2.39. The van der Waals surface area contributed by atoms with E-state index in [2.05, 4.69) is 33.4 Å². The van der Waals surface area contributed by atoms with Crippen molar-refractivity contribution in [3.8, 4) is 0 Å². The highest BCUT2D eigenvalue weighted by Gasteiger charge is 2.37. The van der Waals surface area contributed by atoms with Crippen molar-refractivity contribution in [1.29, 1.82) is 0 Å². The maximum absolute atomic E-state index is 4.73. The molecule has 2 aromatic heterocycles. The third-order valence-electron chi connectivity index (χ3n) is 4.93. The second-order valence-electron chi connectivity index (χ2n) is 6.46. The lowest BCUT2D eigenvalue weighted by Crippen LogP contribution is -2.44. The Balaban J connectivity index is 1.50. The summed E-state index contributed by atoms with van der Waals surface area (Å²) >= 11 is 0. The maximum Gasteiger partial charge on any atom is 0.137 e. The van der Waals surface area contributed by atoms with Gasteiger partial charge in [0.15, 0.2) is 0 Å². The van der Waals surface area contributed by atoms with Gasteiger partial charge in [-0.15, -0.1) is 0 Å². The van der Waals surface area contributed by atoms with Crippen molar-refractivity contribution in [1.82, 2.24) is 20.2 Å². The Morgan fingerprint density at radius 2 is 2.25 bits per heavy atom. The average Bonchev–Trinajstić information content (AvgIpc) is 3.08. The number of nitrogens with zero attached hydrogens (tertiary/aromatic N) is 2. The molecule has 106 valence electrons. The van der Waals surface area contributed by atoms with Gasteiger partial charge in [0.25, 0.3) is 0 Å². The Morgan fingerprint density at radius 1 is 1.25 bits per heavy atom. The van der Waals surface area contributed by atoms with Gasteiger partial charge >= 0.3 is 0 Å². The minimum Gasteiger partial charge on any atom is -0.346 e. The van der Waals surface area contributed by atoms with Crippen molar-refractivity contribution in [2.75, 3.05) is 26.2 Å². The topological polar surface area (TPSA) is 44.0 Å². The zero-order valence-electron chi connectivity index (χ0n) is 11.9. The minimum absolute atomic E-state index is 0.536. The van der Waals surface area contributed by atoms with E-state index in [1.54, 1.807) is 0 Å². The van der Waals surface area contributed by atoms with Crippen LogP contribution in [0.25, 0.3) is 11.0 Å². The van der Waals surface area contributed by atoms with Gasteiger partial charge in [0.1, 0.15) is 5.65 Å². The average molecular weight is 270 g/mol. The van der Waals surface area contributed by atoms with Crippen LogP contribution >= 0.6 is 0 Å². The molecule has 0 bridgehead atoms. The Labute approximate surface area is 119 Å². The summed E-state index contributed by atoms with van der Waals surface area (Å²) in [6, 6.07) is 6.42. The fraction of sp³-hybridized carbons (Fsp3) is 0.562. The molecule has 4 nitrogen and oxygen atoms in total. The highest BCUT2D eigenvalue weighted by Crippen LogP contribution is 2.35. The summed E-state index contributed by atoms with van der Waals surface area (Å²) in [6.45, 7) is 5.82. The van der Waals surface area contributed by atoms with Gasteiger partial charge in [-0.2, -0.15) is 0 Å². The number of piperidine rings is 1. The normalized spacial score (nSPS) is 27.6. The number of hydrogen-bond acceptors (Lipinski definition) is 3. The van der Waals surface area contributed by atoms with Gasteiger partial charge in [0.05, 0.1) is 5.69 Å². The van der Waals surface area contributed by atoms with Crippen LogP contribution in [0.15, 0.2) is 24.4 Å². The lowest BCUT2D eigenvalue weighted by molar-refractivity contribution is 0.0969. The van der Waals surface area contributed by atoms with Crippen LogP contribution in [-0.2, 0) is 6.54 Å². The van der Waals surface area contributed by atoms with Gasteiger partial charge in [0.2, 0.25) is 0 Å². The number of rotatable bonds is 2. The minimum atomic E-state index is 0.536. The molecule has 0 saturated carbocycles. The van der Waals surface area contributed by atoms with Crippen molar-refractivity contribution >= 4 is 11.0 Å². The molecule has 0 amide bonds. The number of H-pyrrole nitrogens is 1. The van der Waals surface area contributed by atoms with Crippen molar-refractivity contribution in [2.24, 2.45) is 5.41 Å². The molecule has 4 heterocycles. The Morgan fingerprint density at radius 3 is 3.15 bits per heavy atom. The number of likely N-dealkylation sites (tertiary alicyclic amines) is 1. The molecule has 2 aliphatic heterocycles. The first-order valence-electron chi connectivity index (χ1n) is 7.69. The summed E-state index contributed by atoms with van der Waals surface area (Å²) in [5.74, 6) is 0. The second-order valence-corrected chi connectivity index (χ2v) is 6.46. The van der Waals surface area contributed by atoms with Crippen LogP contribution in [0.5, 0.6) is 0 Å². The van der Waals surface area contributed by atoms with E-state index in [1.165, 1.54) is 56.5 Å². The van der Waals surface area contributed by atoms with Crippen LogP contribution < -0.4 is 5.32 Å². The summed E-state index contributed by atoms with van der Waals surface area (Å²) < 4.78 is 0. The predicted octanol–water partition coefficient (Wildman–Crippen LogP) is 2.14. The summed E-state index contributed by atoms with van der Waals surface area (Å²) in [5, 5.41) is 4.74. The molecule has 1 spiro atoms. The van der Waals surface area contributed by atoms with E-state index in [9.17, 15) is 0 Å². The molecule has 1 atom stereocenters. The monoisotopic (exact) mass is 270 g/mol. The zero-order valence-corrected chi connectivity index (χ0v) is 11.9. The number of pyridine rings is 1. The largest absolute Gasteiger partial charge is 0.346 e. The summed E-state index contributed by atoms with van der Waals surface area (Å²) in [5.41, 5.74) is 2.73. The number of fused-ring (bicyclic) bond motifs is 1. The van der Waals surface area contributed by atoms with Crippen molar-refractivity contribution < 1.29 is 0 Å². The summed E-state index contributed by atoms with van der Waals surface area (Å²) in [7, 11) is 0. The lowest BCUT2D eigenvalue weighted by atomic mass is 9.79. The highest BCUT2D eigenvalue weighted by atomic mass is 15.2. The first-order valence-corrected chi connectivity index (χ1v) is 7.69. The highest BCUT2D eigenvalue weighted by molar-refractivity contribution is 5.75. The first kappa shape index (κ1) is 12.4. The number of nitrogens with one attached hydrogen (secondary N) is 2. The van der Waals surface area contributed by atoms with Gasteiger partial charge < -0.3 is 10.3 Å². The third kappa shape index (κ3) is 2.23. The van der Waals surface area contributed by atoms with Crippen molar-refractivity contribution in [3.63, 3.8) is 0 Å². The van der Waals surface area contributed by atoms with E-state index in [1.807, 2.05) is 6.20 Å². The maximum atomic E-state index is 4.73. The molecule has 2 aliphatic rings. The molecule has 20 heavy (non-hydrogen) atoms. The van der Waals surface area contributed by atoms with Crippen molar-refractivity contribution in [2.45, 2.75) is 25.8 Å². The van der Waals surface area contributed by atoms with Gasteiger partial charge in [-0.25, -0.2) is 4.98 Å². The van der Waals surface area contributed by atoms with E-state index in [4.69, 9.17) is 4.98 Å². The van der Waals surface area contributed by atoms with Gasteiger partial charge in [0, 0.05) is 31.2 Å². The molecule has 2 saturated heterocycles. The van der Waals surface area contributed by atoms with E-state index in [-0.39, 0.29) is 0 Å². The smallest absolute Gasteiger partial charge is 0.137 e. The summed E-state index contributed by atoms with van der Waals surface area (Å²) in [4.78, 5) is 10.5. The van der Waals surface area contributed by atoms with E-state index in [0.717, 1.165) is 12.2 Å². The van der Waals surface area contributed by atoms with Crippen LogP contribution in [0.3, 0.4) is 0 Å². The first-order chi connectivity index (χ1) is 9.83. The van der Waals surface area contributed by atoms with E-state index < -0.39 is 0 Å². The van der Waals surface area contributed by atoms with Crippen LogP contribution in [0, 0.1) is 5.41 Å². The standard InChI is InChI=1S/C16H22N4/c1-5-16(6-8-17-11-16)12-20(9-1)10-14-3-2-13-4-7-18-15(13)19-14/h2-4,7,17H,1,5-6,8-12H2,(H,18,19)/t16-/m1/s1. The van der Waals surface area contributed by atoms with Crippen LogP contribution in [0.4, 0.5) is 0 Å². The molecule has 4 rings (SSSR count). The molecule has 4 heteroatoms. The fourth-order valence-electron chi connectivity index (χ4n) is 3.88. The SMILES string of the molecule is c1cc2ccc(CN3CCC[C@]4(CCNC4)C3)nc2[nH]1. The molecular weight excluding hydrogens is 248 g/mol. The van der Waals surface area contributed by atoms with Crippen molar-refractivity contribution in [3.05, 3.63) is 30.1 Å². The molecule has 2 aromatic rings. The Kier molecular flexibility index (Phi) is 3.00. The number of aromatic nitrogens is 2. The Hall–Kier alpha value is -1.39. The van der Waals surface area contributed by atoms with Crippen LogP contribution in [0.2, 0.25) is 0 Å². The molecule has 0 unspecified atom stereocenters. The molecule has 0 aliphatic carbocycles. The number of hydrogen-bond donors (Lipinski definition) is 2. The molecule has 2 N–H and O–H groups in total.